The molecule has 0 N–H and O–H groups in total. The van der Waals surface area contributed by atoms with Crippen molar-refractivity contribution in [2.24, 2.45) is 0 Å². The molecule has 0 aliphatic heterocycles. The minimum absolute atomic E-state index is 0.315. The molecule has 0 saturated carbocycles. The lowest BCUT2D eigenvalue weighted by Gasteiger charge is -2.02. The quantitative estimate of drug-likeness (QED) is 0.450. The molecule has 0 saturated heterocycles. The highest BCUT2D eigenvalue weighted by Gasteiger charge is 2.38. The number of alkyl halides is 3. The highest BCUT2D eigenvalue weighted by atomic mass is 19.2. The van der Waals surface area contributed by atoms with Gasteiger partial charge < -0.3 is 0 Å². The third kappa shape index (κ3) is 0.930. The normalized spacial score (nSPS) is 43.1. The molecule has 4 heteroatoms. The van der Waals surface area contributed by atoms with Crippen molar-refractivity contribution >= 4 is 0 Å². The van der Waals surface area contributed by atoms with Crippen molar-refractivity contribution in [3.8, 4) is 0 Å². The van der Waals surface area contributed by atoms with Gasteiger partial charge in [0.1, 0.15) is 5.83 Å². The average Bonchev–Trinajstić information content (AvgIpc) is 1.98. The molecular formula is C5H4F4. The molecule has 0 fully saturated rings. The zero-order chi connectivity index (χ0) is 7.02. The van der Waals surface area contributed by atoms with E-state index < -0.39 is 24.3 Å². The molecule has 0 radical (unpaired) electrons. The lowest BCUT2D eigenvalue weighted by Crippen LogP contribution is -2.19. The highest BCUT2D eigenvalue weighted by molar-refractivity contribution is 5.15. The van der Waals surface area contributed by atoms with Crippen LogP contribution in [0.4, 0.5) is 17.6 Å². The predicted molar refractivity (Wildman–Crippen MR) is 23.9 cm³/mol. The van der Waals surface area contributed by atoms with E-state index in [-0.39, 0.29) is 0 Å². The second-order valence-electron chi connectivity index (χ2n) is 1.84. The van der Waals surface area contributed by atoms with Crippen LogP contribution in [0.25, 0.3) is 0 Å². The Labute approximate surface area is 49.2 Å². The second-order valence-corrected chi connectivity index (χ2v) is 1.84. The van der Waals surface area contributed by atoms with Crippen molar-refractivity contribution in [1.29, 1.82) is 0 Å². The molecule has 0 spiro atoms. The van der Waals surface area contributed by atoms with E-state index >= 15 is 0 Å². The molecule has 0 bridgehead atoms. The van der Waals surface area contributed by atoms with Crippen molar-refractivity contribution in [3.63, 3.8) is 0 Å². The summed E-state index contributed by atoms with van der Waals surface area (Å²) < 4.78 is 47.5. The van der Waals surface area contributed by atoms with E-state index in [2.05, 4.69) is 0 Å². The van der Waals surface area contributed by atoms with Crippen molar-refractivity contribution in [3.05, 3.63) is 11.9 Å². The maximum atomic E-state index is 11.9. The first-order valence-electron chi connectivity index (χ1n) is 2.42. The van der Waals surface area contributed by atoms with Crippen LogP contribution in [0.5, 0.6) is 0 Å². The van der Waals surface area contributed by atoms with Crippen LogP contribution in [-0.4, -0.2) is 18.5 Å². The van der Waals surface area contributed by atoms with Gasteiger partial charge in [-0.2, -0.15) is 0 Å². The Hall–Kier alpha value is -0.540. The first-order chi connectivity index (χ1) is 4.13. The Morgan fingerprint density at radius 2 is 1.78 bits per heavy atom. The highest BCUT2D eigenvalue weighted by Crippen LogP contribution is 2.28. The molecule has 52 valence electrons. The van der Waals surface area contributed by atoms with Crippen LogP contribution in [0.3, 0.4) is 0 Å². The van der Waals surface area contributed by atoms with Gasteiger partial charge in [0, 0.05) is 0 Å². The summed E-state index contributed by atoms with van der Waals surface area (Å²) in [4.78, 5) is 0. The Bertz CT molecular complexity index is 142. The summed E-state index contributed by atoms with van der Waals surface area (Å²) in [7, 11) is 0. The second kappa shape index (κ2) is 2.01. The van der Waals surface area contributed by atoms with Crippen LogP contribution in [0, 0.1) is 0 Å². The molecule has 1 rings (SSSR count). The molecule has 0 heterocycles. The summed E-state index contributed by atoms with van der Waals surface area (Å²) in [6.45, 7) is 0. The van der Waals surface area contributed by atoms with Gasteiger partial charge in [0.15, 0.2) is 18.5 Å². The standard InChI is InChI=1S/C5H4F4/c6-2-1-3(7)5(9)4(2)8/h1-2,4-5H. The van der Waals surface area contributed by atoms with E-state index in [0.29, 0.717) is 6.08 Å². The molecule has 3 unspecified atom stereocenters. The summed E-state index contributed by atoms with van der Waals surface area (Å²) in [5, 5.41) is 0. The van der Waals surface area contributed by atoms with Crippen molar-refractivity contribution in [1.82, 2.24) is 0 Å². The Morgan fingerprint density at radius 1 is 1.22 bits per heavy atom. The Morgan fingerprint density at radius 3 is 1.89 bits per heavy atom. The molecule has 0 amide bonds. The van der Waals surface area contributed by atoms with Gasteiger partial charge in [-0.15, -0.1) is 0 Å². The molecule has 0 nitrogen and oxygen atoms in total. The van der Waals surface area contributed by atoms with Crippen molar-refractivity contribution < 1.29 is 17.6 Å². The minimum Gasteiger partial charge on any atom is -0.240 e. The molecule has 0 aromatic carbocycles. The fourth-order valence-electron chi connectivity index (χ4n) is 0.649. The number of allylic oxidation sites excluding steroid dienone is 2. The van der Waals surface area contributed by atoms with Gasteiger partial charge in [-0.25, -0.2) is 17.6 Å². The van der Waals surface area contributed by atoms with Gasteiger partial charge in [0.25, 0.3) is 0 Å². The van der Waals surface area contributed by atoms with E-state index in [1.807, 2.05) is 0 Å². The number of halogens is 4. The number of rotatable bonds is 0. The van der Waals surface area contributed by atoms with E-state index in [1.54, 1.807) is 0 Å². The summed E-state index contributed by atoms with van der Waals surface area (Å²) in [5.74, 6) is -1.34. The van der Waals surface area contributed by atoms with Crippen LogP contribution in [-0.2, 0) is 0 Å². The maximum Gasteiger partial charge on any atom is 0.185 e. The zero-order valence-electron chi connectivity index (χ0n) is 4.32. The third-order valence-corrected chi connectivity index (χ3v) is 1.17. The van der Waals surface area contributed by atoms with E-state index in [9.17, 15) is 17.6 Å². The Kier molecular flexibility index (Phi) is 1.47. The van der Waals surface area contributed by atoms with E-state index in [4.69, 9.17) is 0 Å². The van der Waals surface area contributed by atoms with Crippen LogP contribution < -0.4 is 0 Å². The largest absolute Gasteiger partial charge is 0.240 e. The van der Waals surface area contributed by atoms with Gasteiger partial charge in [0.2, 0.25) is 0 Å². The van der Waals surface area contributed by atoms with Gasteiger partial charge in [-0.3, -0.25) is 0 Å². The van der Waals surface area contributed by atoms with Gasteiger partial charge in [-0.05, 0) is 6.08 Å². The molecule has 9 heavy (non-hydrogen) atoms. The van der Waals surface area contributed by atoms with E-state index in [1.165, 1.54) is 0 Å². The molecule has 1 aliphatic rings. The van der Waals surface area contributed by atoms with Crippen molar-refractivity contribution in [2.75, 3.05) is 0 Å². The molecule has 0 aromatic rings. The lowest BCUT2D eigenvalue weighted by molar-refractivity contribution is 0.135. The van der Waals surface area contributed by atoms with Crippen LogP contribution in [0.2, 0.25) is 0 Å². The number of hydrogen-bond donors (Lipinski definition) is 0. The molecule has 0 aromatic heterocycles. The first-order valence-corrected chi connectivity index (χ1v) is 2.42. The maximum absolute atomic E-state index is 11.9. The third-order valence-electron chi connectivity index (χ3n) is 1.17. The monoisotopic (exact) mass is 140 g/mol. The fourth-order valence-corrected chi connectivity index (χ4v) is 0.649. The average molecular weight is 140 g/mol. The lowest BCUT2D eigenvalue weighted by atomic mass is 10.3. The molecule has 1 aliphatic carbocycles. The minimum atomic E-state index is -2.39. The summed E-state index contributed by atoms with van der Waals surface area (Å²) in [5.41, 5.74) is 0. The zero-order valence-corrected chi connectivity index (χ0v) is 4.32. The topological polar surface area (TPSA) is 0 Å². The summed E-state index contributed by atoms with van der Waals surface area (Å²) >= 11 is 0. The predicted octanol–water partition coefficient (Wildman–Crippen LogP) is 1.87. The van der Waals surface area contributed by atoms with Gasteiger partial charge >= 0.3 is 0 Å². The van der Waals surface area contributed by atoms with Crippen LogP contribution in [0.1, 0.15) is 0 Å². The van der Waals surface area contributed by atoms with Gasteiger partial charge in [-0.1, -0.05) is 0 Å². The first kappa shape index (κ1) is 6.58. The number of hydrogen-bond acceptors (Lipinski definition) is 0. The summed E-state index contributed by atoms with van der Waals surface area (Å²) in [6.07, 6.45) is -6.53. The fraction of sp³-hybridized carbons (Fsp3) is 0.600. The smallest absolute Gasteiger partial charge is 0.185 e. The Balaban J connectivity index is 2.70. The van der Waals surface area contributed by atoms with Crippen molar-refractivity contribution in [2.45, 2.75) is 18.5 Å². The SMILES string of the molecule is FC1=CC(F)C(F)C1F. The van der Waals surface area contributed by atoms with Crippen LogP contribution >= 0.6 is 0 Å². The van der Waals surface area contributed by atoms with Gasteiger partial charge in [0.05, 0.1) is 0 Å². The summed E-state index contributed by atoms with van der Waals surface area (Å²) in [6, 6.07) is 0. The molecular weight excluding hydrogens is 136 g/mol. The molecule has 3 atom stereocenters. The van der Waals surface area contributed by atoms with Crippen LogP contribution in [0.15, 0.2) is 11.9 Å². The van der Waals surface area contributed by atoms with E-state index in [0.717, 1.165) is 0 Å².